The second kappa shape index (κ2) is 8.65. The average Bonchev–Trinajstić information content (AvgIpc) is 2.76. The standard InChI is InChI=1S/C21H24FN3O3/c22-17-3-1-2-4-18(17)28-20-19(23-9-10-24-20)15-5-11-25(12-6-15)21(26)16-7-13-27-14-8-16/h1-4,9-10,15-16H,5-8,11-14H2. The third kappa shape index (κ3) is 4.14. The van der Waals surface area contributed by atoms with Gasteiger partial charge < -0.3 is 14.4 Å². The van der Waals surface area contributed by atoms with Crippen molar-refractivity contribution in [2.75, 3.05) is 26.3 Å². The number of hydrogen-bond donors (Lipinski definition) is 0. The Hall–Kier alpha value is -2.54. The number of hydrogen-bond acceptors (Lipinski definition) is 5. The lowest BCUT2D eigenvalue weighted by molar-refractivity contribution is -0.139. The van der Waals surface area contributed by atoms with Crippen molar-refractivity contribution < 1.29 is 18.7 Å². The van der Waals surface area contributed by atoms with Gasteiger partial charge in [0.05, 0.1) is 0 Å². The van der Waals surface area contributed by atoms with Gasteiger partial charge in [0.2, 0.25) is 11.8 Å². The Labute approximate surface area is 163 Å². The maximum absolute atomic E-state index is 13.9. The van der Waals surface area contributed by atoms with Gasteiger partial charge in [-0.05, 0) is 37.8 Å². The predicted octanol–water partition coefficient (Wildman–Crippen LogP) is 3.54. The van der Waals surface area contributed by atoms with E-state index < -0.39 is 5.82 Å². The Morgan fingerprint density at radius 2 is 1.79 bits per heavy atom. The van der Waals surface area contributed by atoms with Crippen molar-refractivity contribution in [3.8, 4) is 11.6 Å². The van der Waals surface area contributed by atoms with Gasteiger partial charge in [-0.25, -0.2) is 9.37 Å². The quantitative estimate of drug-likeness (QED) is 0.805. The van der Waals surface area contributed by atoms with Gasteiger partial charge in [0, 0.05) is 50.5 Å². The smallest absolute Gasteiger partial charge is 0.241 e. The van der Waals surface area contributed by atoms with Gasteiger partial charge in [0.1, 0.15) is 5.69 Å². The van der Waals surface area contributed by atoms with E-state index in [1.807, 2.05) is 4.90 Å². The van der Waals surface area contributed by atoms with Gasteiger partial charge in [0.25, 0.3) is 0 Å². The van der Waals surface area contributed by atoms with Crippen molar-refractivity contribution in [1.82, 2.24) is 14.9 Å². The Kier molecular flexibility index (Phi) is 5.81. The van der Waals surface area contributed by atoms with Crippen LogP contribution in [-0.4, -0.2) is 47.1 Å². The van der Waals surface area contributed by atoms with Crippen LogP contribution in [0.15, 0.2) is 36.7 Å². The number of piperidine rings is 1. The summed E-state index contributed by atoms with van der Waals surface area (Å²) in [6.07, 6.45) is 6.38. The number of ether oxygens (including phenoxy) is 2. The predicted molar refractivity (Wildman–Crippen MR) is 101 cm³/mol. The zero-order chi connectivity index (χ0) is 19.3. The van der Waals surface area contributed by atoms with E-state index in [-0.39, 0.29) is 23.5 Å². The van der Waals surface area contributed by atoms with Crippen LogP contribution in [0.25, 0.3) is 0 Å². The Balaban J connectivity index is 1.42. The fraction of sp³-hybridized carbons (Fsp3) is 0.476. The van der Waals surface area contributed by atoms with Crippen LogP contribution >= 0.6 is 0 Å². The van der Waals surface area contributed by atoms with Crippen molar-refractivity contribution in [2.45, 2.75) is 31.6 Å². The molecule has 148 valence electrons. The molecule has 0 radical (unpaired) electrons. The number of rotatable bonds is 4. The van der Waals surface area contributed by atoms with Crippen LogP contribution in [0.3, 0.4) is 0 Å². The molecular formula is C21H24FN3O3. The summed E-state index contributed by atoms with van der Waals surface area (Å²) in [6.45, 7) is 2.72. The third-order valence-corrected chi connectivity index (χ3v) is 5.50. The number of nitrogens with zero attached hydrogens (tertiary/aromatic N) is 3. The van der Waals surface area contributed by atoms with Crippen LogP contribution in [0.2, 0.25) is 0 Å². The van der Waals surface area contributed by atoms with Crippen molar-refractivity contribution in [1.29, 1.82) is 0 Å². The first-order chi connectivity index (χ1) is 13.7. The molecule has 0 saturated carbocycles. The zero-order valence-electron chi connectivity index (χ0n) is 15.7. The summed E-state index contributed by atoms with van der Waals surface area (Å²) in [4.78, 5) is 23.4. The average molecular weight is 385 g/mol. The molecule has 0 spiro atoms. The van der Waals surface area contributed by atoms with E-state index in [9.17, 15) is 9.18 Å². The molecule has 4 rings (SSSR count). The lowest BCUT2D eigenvalue weighted by atomic mass is 9.91. The maximum atomic E-state index is 13.9. The van der Waals surface area contributed by atoms with E-state index in [1.165, 1.54) is 6.07 Å². The molecule has 0 aliphatic carbocycles. The van der Waals surface area contributed by atoms with Gasteiger partial charge in [0.15, 0.2) is 11.6 Å². The molecule has 28 heavy (non-hydrogen) atoms. The first kappa shape index (κ1) is 18.8. The number of aromatic nitrogens is 2. The highest BCUT2D eigenvalue weighted by Crippen LogP contribution is 2.34. The number of likely N-dealkylation sites (tertiary alicyclic amines) is 1. The van der Waals surface area contributed by atoms with E-state index in [0.29, 0.717) is 32.2 Å². The molecule has 2 aliphatic rings. The summed E-state index contributed by atoms with van der Waals surface area (Å²) < 4.78 is 25.0. The molecule has 0 N–H and O–H groups in total. The molecule has 6 nitrogen and oxygen atoms in total. The molecule has 1 aromatic heterocycles. The summed E-state index contributed by atoms with van der Waals surface area (Å²) in [5.41, 5.74) is 0.726. The highest BCUT2D eigenvalue weighted by atomic mass is 19.1. The zero-order valence-corrected chi connectivity index (χ0v) is 15.7. The van der Waals surface area contributed by atoms with Gasteiger partial charge in [-0.1, -0.05) is 12.1 Å². The van der Waals surface area contributed by atoms with Crippen LogP contribution in [0.1, 0.15) is 37.3 Å². The molecule has 0 unspecified atom stereocenters. The first-order valence-corrected chi connectivity index (χ1v) is 9.82. The van der Waals surface area contributed by atoms with Crippen LogP contribution in [0.5, 0.6) is 11.6 Å². The fourth-order valence-corrected chi connectivity index (χ4v) is 3.90. The monoisotopic (exact) mass is 385 g/mol. The fourth-order valence-electron chi connectivity index (χ4n) is 3.90. The van der Waals surface area contributed by atoms with Crippen LogP contribution in [0, 0.1) is 11.7 Å². The van der Waals surface area contributed by atoms with Gasteiger partial charge in [-0.3, -0.25) is 9.78 Å². The second-order valence-electron chi connectivity index (χ2n) is 7.27. The second-order valence-corrected chi connectivity index (χ2v) is 7.27. The van der Waals surface area contributed by atoms with Crippen molar-refractivity contribution in [3.05, 3.63) is 48.2 Å². The topological polar surface area (TPSA) is 64.5 Å². The van der Waals surface area contributed by atoms with Crippen molar-refractivity contribution >= 4 is 5.91 Å². The Bertz CT molecular complexity index is 818. The van der Waals surface area contributed by atoms with E-state index in [4.69, 9.17) is 9.47 Å². The lowest BCUT2D eigenvalue weighted by Crippen LogP contribution is -2.42. The SMILES string of the molecule is O=C(C1CCOCC1)N1CCC(c2nccnc2Oc2ccccc2F)CC1. The number of para-hydroxylation sites is 1. The van der Waals surface area contributed by atoms with Gasteiger partial charge in [-0.2, -0.15) is 0 Å². The van der Waals surface area contributed by atoms with E-state index >= 15 is 0 Å². The third-order valence-electron chi connectivity index (χ3n) is 5.50. The normalized spacial score (nSPS) is 18.8. The van der Waals surface area contributed by atoms with Crippen molar-refractivity contribution in [3.63, 3.8) is 0 Å². The Morgan fingerprint density at radius 3 is 2.54 bits per heavy atom. The molecule has 2 aliphatic heterocycles. The minimum Gasteiger partial charge on any atom is -0.434 e. The molecular weight excluding hydrogens is 361 g/mol. The number of halogens is 1. The van der Waals surface area contributed by atoms with E-state index in [1.54, 1.807) is 30.6 Å². The molecule has 2 fully saturated rings. The summed E-state index contributed by atoms with van der Waals surface area (Å²) in [5.74, 6) is 0.494. The number of benzene rings is 1. The number of carbonyl (C=O) groups is 1. The summed E-state index contributed by atoms with van der Waals surface area (Å²) in [7, 11) is 0. The van der Waals surface area contributed by atoms with E-state index in [0.717, 1.165) is 31.4 Å². The van der Waals surface area contributed by atoms with Crippen LogP contribution in [-0.2, 0) is 9.53 Å². The molecule has 2 aromatic rings. The van der Waals surface area contributed by atoms with Gasteiger partial charge in [-0.15, -0.1) is 0 Å². The number of carbonyl (C=O) groups excluding carboxylic acids is 1. The summed E-state index contributed by atoms with van der Waals surface area (Å²) in [6, 6.07) is 6.26. The summed E-state index contributed by atoms with van der Waals surface area (Å²) in [5, 5.41) is 0. The largest absolute Gasteiger partial charge is 0.434 e. The molecule has 3 heterocycles. The van der Waals surface area contributed by atoms with Crippen molar-refractivity contribution in [2.24, 2.45) is 5.92 Å². The van der Waals surface area contributed by atoms with E-state index in [2.05, 4.69) is 9.97 Å². The Morgan fingerprint density at radius 1 is 1.07 bits per heavy atom. The highest BCUT2D eigenvalue weighted by Gasteiger charge is 2.31. The highest BCUT2D eigenvalue weighted by molar-refractivity contribution is 5.79. The molecule has 0 atom stereocenters. The number of amides is 1. The molecule has 0 bridgehead atoms. The molecule has 1 aromatic carbocycles. The summed E-state index contributed by atoms with van der Waals surface area (Å²) >= 11 is 0. The maximum Gasteiger partial charge on any atom is 0.241 e. The lowest BCUT2D eigenvalue weighted by Gasteiger charge is -2.35. The molecule has 2 saturated heterocycles. The minimum atomic E-state index is -0.434. The van der Waals surface area contributed by atoms with Gasteiger partial charge >= 0.3 is 0 Å². The molecule has 7 heteroatoms. The minimum absolute atomic E-state index is 0.0850. The first-order valence-electron chi connectivity index (χ1n) is 9.82. The molecule has 1 amide bonds. The van der Waals surface area contributed by atoms with Crippen LogP contribution in [0.4, 0.5) is 4.39 Å². The van der Waals surface area contributed by atoms with Crippen LogP contribution < -0.4 is 4.74 Å².